The molecular formula is C17H28N2O. The molecule has 2 rings (SSSR count). The standard InChI is InChI=1S/C17H28N2O/c1-13(2)10-18-11-16-5-6-17(9-14(16)3)19-7-8-20-12-15(19)4/h5-6,9,13,15,18H,7-8,10-12H2,1-4H3. The summed E-state index contributed by atoms with van der Waals surface area (Å²) in [5.41, 5.74) is 4.10. The minimum atomic E-state index is 0.466. The first-order chi connectivity index (χ1) is 9.58. The highest BCUT2D eigenvalue weighted by molar-refractivity contribution is 5.51. The Morgan fingerprint density at radius 1 is 1.40 bits per heavy atom. The first-order valence-corrected chi connectivity index (χ1v) is 7.72. The predicted molar refractivity (Wildman–Crippen MR) is 85.4 cm³/mol. The Kier molecular flexibility index (Phi) is 5.44. The monoisotopic (exact) mass is 276 g/mol. The van der Waals surface area contributed by atoms with Crippen molar-refractivity contribution in [1.82, 2.24) is 5.32 Å². The van der Waals surface area contributed by atoms with E-state index < -0.39 is 0 Å². The third kappa shape index (κ3) is 3.97. The van der Waals surface area contributed by atoms with Crippen LogP contribution in [0.4, 0.5) is 5.69 Å². The summed E-state index contributed by atoms with van der Waals surface area (Å²) in [5.74, 6) is 0.698. The molecule has 0 bridgehead atoms. The van der Waals surface area contributed by atoms with E-state index >= 15 is 0 Å². The number of rotatable bonds is 5. The zero-order valence-electron chi connectivity index (χ0n) is 13.3. The van der Waals surface area contributed by atoms with Crippen LogP contribution in [-0.2, 0) is 11.3 Å². The predicted octanol–water partition coefficient (Wildman–Crippen LogP) is 2.97. The third-order valence-electron chi connectivity index (χ3n) is 3.89. The van der Waals surface area contributed by atoms with Gasteiger partial charge in [-0.25, -0.2) is 0 Å². The molecular weight excluding hydrogens is 248 g/mol. The lowest BCUT2D eigenvalue weighted by atomic mass is 10.1. The highest BCUT2D eigenvalue weighted by Crippen LogP contribution is 2.23. The Bertz CT molecular complexity index is 431. The molecule has 1 aromatic carbocycles. The Hall–Kier alpha value is -1.06. The number of nitrogens with zero attached hydrogens (tertiary/aromatic N) is 1. The smallest absolute Gasteiger partial charge is 0.0668 e. The van der Waals surface area contributed by atoms with Crippen molar-refractivity contribution < 1.29 is 4.74 Å². The van der Waals surface area contributed by atoms with Gasteiger partial charge in [0.1, 0.15) is 0 Å². The molecule has 1 N–H and O–H groups in total. The fourth-order valence-corrected chi connectivity index (χ4v) is 2.66. The number of hydrogen-bond acceptors (Lipinski definition) is 3. The maximum Gasteiger partial charge on any atom is 0.0668 e. The highest BCUT2D eigenvalue weighted by atomic mass is 16.5. The summed E-state index contributed by atoms with van der Waals surface area (Å²) in [6.07, 6.45) is 0. The van der Waals surface area contributed by atoms with Crippen molar-refractivity contribution >= 4 is 5.69 Å². The molecule has 1 aromatic rings. The number of anilines is 1. The molecule has 0 radical (unpaired) electrons. The van der Waals surface area contributed by atoms with Crippen LogP contribution in [-0.4, -0.2) is 32.3 Å². The second kappa shape index (κ2) is 7.09. The normalized spacial score (nSPS) is 19.6. The average Bonchev–Trinajstić information content (AvgIpc) is 2.41. The fourth-order valence-electron chi connectivity index (χ4n) is 2.66. The van der Waals surface area contributed by atoms with Crippen LogP contribution in [0.25, 0.3) is 0 Å². The van der Waals surface area contributed by atoms with Crippen molar-refractivity contribution in [2.75, 3.05) is 31.2 Å². The molecule has 1 aliphatic rings. The van der Waals surface area contributed by atoms with Crippen molar-refractivity contribution in [2.24, 2.45) is 5.92 Å². The lowest BCUT2D eigenvalue weighted by Crippen LogP contribution is -2.43. The van der Waals surface area contributed by atoms with Crippen LogP contribution in [0.3, 0.4) is 0 Å². The number of aryl methyl sites for hydroxylation is 1. The number of nitrogens with one attached hydrogen (secondary N) is 1. The van der Waals surface area contributed by atoms with Crippen LogP contribution in [0, 0.1) is 12.8 Å². The summed E-state index contributed by atoms with van der Waals surface area (Å²) >= 11 is 0. The van der Waals surface area contributed by atoms with Crippen molar-refractivity contribution in [2.45, 2.75) is 40.3 Å². The van der Waals surface area contributed by atoms with E-state index in [0.29, 0.717) is 12.0 Å². The van der Waals surface area contributed by atoms with E-state index in [0.717, 1.165) is 32.8 Å². The number of morpholine rings is 1. The van der Waals surface area contributed by atoms with Crippen LogP contribution in [0.2, 0.25) is 0 Å². The second-order valence-corrected chi connectivity index (χ2v) is 6.25. The van der Waals surface area contributed by atoms with Crippen LogP contribution in [0.5, 0.6) is 0 Å². The number of hydrogen-bond donors (Lipinski definition) is 1. The van der Waals surface area contributed by atoms with Gasteiger partial charge in [-0.1, -0.05) is 19.9 Å². The Labute approximate surface area is 123 Å². The molecule has 1 unspecified atom stereocenters. The number of benzene rings is 1. The average molecular weight is 276 g/mol. The molecule has 0 aromatic heterocycles. The van der Waals surface area contributed by atoms with Crippen molar-refractivity contribution in [3.8, 4) is 0 Å². The second-order valence-electron chi connectivity index (χ2n) is 6.25. The first-order valence-electron chi connectivity index (χ1n) is 7.72. The highest BCUT2D eigenvalue weighted by Gasteiger charge is 2.19. The molecule has 20 heavy (non-hydrogen) atoms. The quantitative estimate of drug-likeness (QED) is 0.895. The van der Waals surface area contributed by atoms with Crippen molar-refractivity contribution in [3.05, 3.63) is 29.3 Å². The molecule has 0 spiro atoms. The molecule has 0 aliphatic carbocycles. The van der Waals surface area contributed by atoms with E-state index in [-0.39, 0.29) is 0 Å². The topological polar surface area (TPSA) is 24.5 Å². The fraction of sp³-hybridized carbons (Fsp3) is 0.647. The van der Waals surface area contributed by atoms with Crippen molar-refractivity contribution in [1.29, 1.82) is 0 Å². The van der Waals surface area contributed by atoms with Gasteiger partial charge in [-0.05, 0) is 49.6 Å². The van der Waals surface area contributed by atoms with Gasteiger partial charge in [-0.2, -0.15) is 0 Å². The number of ether oxygens (including phenoxy) is 1. The SMILES string of the molecule is Cc1cc(N2CCOCC2C)ccc1CNCC(C)C. The van der Waals surface area contributed by atoms with E-state index in [1.165, 1.54) is 16.8 Å². The Morgan fingerprint density at radius 3 is 2.85 bits per heavy atom. The van der Waals surface area contributed by atoms with Gasteiger partial charge in [-0.15, -0.1) is 0 Å². The lowest BCUT2D eigenvalue weighted by Gasteiger charge is -2.35. The summed E-state index contributed by atoms with van der Waals surface area (Å²) in [6, 6.07) is 7.29. The maximum absolute atomic E-state index is 5.51. The molecule has 112 valence electrons. The summed E-state index contributed by atoms with van der Waals surface area (Å²) < 4.78 is 5.51. The van der Waals surface area contributed by atoms with Crippen LogP contribution < -0.4 is 10.2 Å². The summed E-state index contributed by atoms with van der Waals surface area (Å²) in [7, 11) is 0. The zero-order chi connectivity index (χ0) is 14.5. The van der Waals surface area contributed by atoms with Crippen molar-refractivity contribution in [3.63, 3.8) is 0 Å². The minimum absolute atomic E-state index is 0.466. The van der Waals surface area contributed by atoms with E-state index in [2.05, 4.69) is 56.1 Å². The van der Waals surface area contributed by atoms with Gasteiger partial charge in [-0.3, -0.25) is 0 Å². The maximum atomic E-state index is 5.51. The molecule has 1 atom stereocenters. The first kappa shape index (κ1) is 15.3. The Morgan fingerprint density at radius 2 is 2.20 bits per heavy atom. The van der Waals surface area contributed by atoms with E-state index in [1.807, 2.05) is 0 Å². The summed E-state index contributed by atoms with van der Waals surface area (Å²) in [4.78, 5) is 2.45. The Balaban J connectivity index is 2.01. The van der Waals surface area contributed by atoms with Crippen LogP contribution in [0.1, 0.15) is 31.9 Å². The minimum Gasteiger partial charge on any atom is -0.377 e. The summed E-state index contributed by atoms with van der Waals surface area (Å²) in [5, 5.41) is 3.52. The molecule has 0 saturated carbocycles. The third-order valence-corrected chi connectivity index (χ3v) is 3.89. The van der Waals surface area contributed by atoms with Gasteiger partial charge in [0.25, 0.3) is 0 Å². The molecule has 1 aliphatic heterocycles. The van der Waals surface area contributed by atoms with Crippen LogP contribution in [0.15, 0.2) is 18.2 Å². The summed E-state index contributed by atoms with van der Waals surface area (Å²) in [6.45, 7) is 13.6. The van der Waals surface area contributed by atoms with Gasteiger partial charge >= 0.3 is 0 Å². The molecule has 1 fully saturated rings. The largest absolute Gasteiger partial charge is 0.377 e. The molecule has 1 heterocycles. The zero-order valence-corrected chi connectivity index (χ0v) is 13.3. The molecule has 0 amide bonds. The van der Waals surface area contributed by atoms with E-state index in [9.17, 15) is 0 Å². The van der Waals surface area contributed by atoms with E-state index in [1.54, 1.807) is 0 Å². The van der Waals surface area contributed by atoms with Gasteiger partial charge in [0.2, 0.25) is 0 Å². The molecule has 3 nitrogen and oxygen atoms in total. The van der Waals surface area contributed by atoms with Crippen LogP contribution >= 0.6 is 0 Å². The lowest BCUT2D eigenvalue weighted by molar-refractivity contribution is 0.0989. The van der Waals surface area contributed by atoms with Gasteiger partial charge in [0.15, 0.2) is 0 Å². The molecule has 3 heteroatoms. The van der Waals surface area contributed by atoms with Gasteiger partial charge in [0.05, 0.1) is 13.2 Å². The van der Waals surface area contributed by atoms with E-state index in [4.69, 9.17) is 4.74 Å². The van der Waals surface area contributed by atoms with Gasteiger partial charge < -0.3 is 15.0 Å². The van der Waals surface area contributed by atoms with Gasteiger partial charge in [0, 0.05) is 24.8 Å². The molecule has 1 saturated heterocycles.